The van der Waals surface area contributed by atoms with Crippen molar-refractivity contribution in [1.82, 2.24) is 4.98 Å². The number of amides is 1. The van der Waals surface area contributed by atoms with E-state index in [2.05, 4.69) is 9.98 Å². The number of rotatable bonds is 5. The van der Waals surface area contributed by atoms with Gasteiger partial charge in [0.15, 0.2) is 0 Å². The molecule has 1 aromatic heterocycles. The van der Waals surface area contributed by atoms with Gasteiger partial charge in [-0.3, -0.25) is 4.79 Å². The van der Waals surface area contributed by atoms with Crippen LogP contribution < -0.4 is 0 Å². The highest BCUT2D eigenvalue weighted by Gasteiger charge is 2.21. The number of carbonyl (C=O) groups excluding carboxylic acids is 1. The molecule has 142 valence electrons. The van der Waals surface area contributed by atoms with Gasteiger partial charge in [0.25, 0.3) is 5.91 Å². The highest BCUT2D eigenvalue weighted by atomic mass is 32.2. The first-order valence-corrected chi connectivity index (χ1v) is 10.5. The Hall–Kier alpha value is -3.22. The third-order valence-corrected chi connectivity index (χ3v) is 6.12. The summed E-state index contributed by atoms with van der Waals surface area (Å²) >= 11 is 2.79. The zero-order valence-electron chi connectivity index (χ0n) is 15.2. The van der Waals surface area contributed by atoms with Crippen LogP contribution in [-0.4, -0.2) is 21.0 Å². The van der Waals surface area contributed by atoms with Crippen LogP contribution in [0.1, 0.15) is 10.4 Å². The standard InChI is InChI=1S/C23H16N2O2S2/c26-20-18(28-22(24-20)16-10-4-1-5-11-16)14-8-3-9-15-19-21(27)25-23(29-19)17-12-6-2-7-13-17/h1-15,26H/b9-3+,14-8+,19-15-. The van der Waals surface area contributed by atoms with Crippen molar-refractivity contribution >= 4 is 40.1 Å². The Balaban J connectivity index is 1.40. The van der Waals surface area contributed by atoms with Crippen molar-refractivity contribution in [2.24, 2.45) is 4.99 Å². The molecular formula is C23H16N2O2S2. The molecule has 6 heteroatoms. The second-order valence-corrected chi connectivity index (χ2v) is 8.10. The molecule has 1 aliphatic heterocycles. The summed E-state index contributed by atoms with van der Waals surface area (Å²) < 4.78 is 0. The number of carbonyl (C=O) groups is 1. The van der Waals surface area contributed by atoms with Gasteiger partial charge < -0.3 is 5.11 Å². The van der Waals surface area contributed by atoms with Crippen LogP contribution in [0.5, 0.6) is 5.88 Å². The van der Waals surface area contributed by atoms with E-state index >= 15 is 0 Å². The minimum atomic E-state index is -0.227. The van der Waals surface area contributed by atoms with Crippen molar-refractivity contribution in [3.8, 4) is 16.5 Å². The van der Waals surface area contributed by atoms with Gasteiger partial charge in [-0.2, -0.15) is 0 Å². The van der Waals surface area contributed by atoms with Crippen molar-refractivity contribution in [2.45, 2.75) is 0 Å². The summed E-state index contributed by atoms with van der Waals surface area (Å²) in [5.74, 6) is -0.214. The van der Waals surface area contributed by atoms with Gasteiger partial charge in [-0.05, 0) is 12.2 Å². The number of aromatic nitrogens is 1. The molecule has 1 amide bonds. The molecule has 29 heavy (non-hydrogen) atoms. The largest absolute Gasteiger partial charge is 0.492 e. The summed E-state index contributed by atoms with van der Waals surface area (Å²) in [5.41, 5.74) is 1.91. The average molecular weight is 417 g/mol. The van der Waals surface area contributed by atoms with Crippen LogP contribution in [-0.2, 0) is 4.79 Å². The zero-order valence-corrected chi connectivity index (χ0v) is 16.9. The quantitative estimate of drug-likeness (QED) is 0.429. The number of benzene rings is 2. The smallest absolute Gasteiger partial charge is 0.284 e. The lowest BCUT2D eigenvalue weighted by molar-refractivity contribution is -0.113. The molecule has 0 fully saturated rings. The molecule has 1 N–H and O–H groups in total. The monoisotopic (exact) mass is 416 g/mol. The number of aromatic hydroxyl groups is 1. The first kappa shape index (κ1) is 19.1. The number of thiazole rings is 1. The zero-order chi connectivity index (χ0) is 20.1. The van der Waals surface area contributed by atoms with Crippen LogP contribution in [0.2, 0.25) is 0 Å². The van der Waals surface area contributed by atoms with Crippen LogP contribution in [0.3, 0.4) is 0 Å². The molecule has 0 bridgehead atoms. The number of hydrogen-bond donors (Lipinski definition) is 1. The Morgan fingerprint density at radius 1 is 0.862 bits per heavy atom. The molecule has 3 aromatic rings. The van der Waals surface area contributed by atoms with E-state index in [0.29, 0.717) is 14.8 Å². The van der Waals surface area contributed by atoms with E-state index in [9.17, 15) is 9.90 Å². The Morgan fingerprint density at radius 3 is 2.28 bits per heavy atom. The van der Waals surface area contributed by atoms with E-state index in [1.54, 1.807) is 18.2 Å². The van der Waals surface area contributed by atoms with Crippen LogP contribution in [0.4, 0.5) is 0 Å². The lowest BCUT2D eigenvalue weighted by atomic mass is 10.2. The van der Waals surface area contributed by atoms with Crippen LogP contribution >= 0.6 is 23.1 Å². The van der Waals surface area contributed by atoms with Gasteiger partial charge in [-0.25, -0.2) is 9.98 Å². The molecule has 0 saturated carbocycles. The Bertz CT molecular complexity index is 1140. The fourth-order valence-electron chi connectivity index (χ4n) is 2.61. The predicted molar refractivity (Wildman–Crippen MR) is 121 cm³/mol. The van der Waals surface area contributed by atoms with Crippen LogP contribution in [0.15, 0.2) is 94.9 Å². The molecule has 4 rings (SSSR count). The maximum absolute atomic E-state index is 12.1. The van der Waals surface area contributed by atoms with Gasteiger partial charge in [-0.15, -0.1) is 11.3 Å². The Kier molecular flexibility index (Phi) is 5.84. The molecule has 1 aliphatic rings. The van der Waals surface area contributed by atoms with Gasteiger partial charge >= 0.3 is 0 Å². The Morgan fingerprint density at radius 2 is 1.55 bits per heavy atom. The summed E-state index contributed by atoms with van der Waals surface area (Å²) in [4.78, 5) is 21.6. The van der Waals surface area contributed by atoms with Gasteiger partial charge in [0.05, 0.1) is 9.78 Å². The third-order valence-electron chi connectivity index (χ3n) is 4.01. The first-order chi connectivity index (χ1) is 14.2. The van der Waals surface area contributed by atoms with Crippen molar-refractivity contribution in [1.29, 1.82) is 0 Å². The molecule has 2 aromatic carbocycles. The van der Waals surface area contributed by atoms with Gasteiger partial charge in [0.2, 0.25) is 5.88 Å². The van der Waals surface area contributed by atoms with Gasteiger partial charge in [0.1, 0.15) is 10.1 Å². The number of nitrogens with zero attached hydrogens (tertiary/aromatic N) is 2. The number of aliphatic imine (C=N–C) groups is 1. The van der Waals surface area contributed by atoms with E-state index in [1.165, 1.54) is 23.1 Å². The van der Waals surface area contributed by atoms with Crippen molar-refractivity contribution in [2.75, 3.05) is 0 Å². The first-order valence-electron chi connectivity index (χ1n) is 8.87. The minimum Gasteiger partial charge on any atom is -0.492 e. The van der Waals surface area contributed by atoms with Crippen molar-refractivity contribution in [3.63, 3.8) is 0 Å². The van der Waals surface area contributed by atoms with E-state index in [4.69, 9.17) is 0 Å². The number of hydrogen-bond acceptors (Lipinski definition) is 5. The third kappa shape index (κ3) is 4.62. The number of allylic oxidation sites excluding steroid dienone is 4. The summed E-state index contributed by atoms with van der Waals surface area (Å²) in [5, 5.41) is 11.5. The minimum absolute atomic E-state index is 0.0132. The molecule has 2 heterocycles. The van der Waals surface area contributed by atoms with Crippen LogP contribution in [0, 0.1) is 0 Å². The summed E-state index contributed by atoms with van der Waals surface area (Å²) in [6.45, 7) is 0. The van der Waals surface area contributed by atoms with E-state index < -0.39 is 0 Å². The fraction of sp³-hybridized carbons (Fsp3) is 0. The SMILES string of the molecule is O=C1N=C(c2ccccc2)S\C1=C/C=C/C=C/c1sc(-c2ccccc2)nc1O. The molecule has 4 nitrogen and oxygen atoms in total. The predicted octanol–water partition coefficient (Wildman–Crippen LogP) is 5.69. The lowest BCUT2D eigenvalue weighted by Crippen LogP contribution is -1.89. The van der Waals surface area contributed by atoms with Gasteiger partial charge in [-0.1, -0.05) is 90.7 Å². The Labute approximate surface area is 176 Å². The average Bonchev–Trinajstić information content (AvgIpc) is 3.32. The molecule has 0 aliphatic carbocycles. The maximum atomic E-state index is 12.1. The summed E-state index contributed by atoms with van der Waals surface area (Å²) in [7, 11) is 0. The fourth-order valence-corrected chi connectivity index (χ4v) is 4.36. The normalized spacial score (nSPS) is 15.7. The molecular weight excluding hydrogens is 400 g/mol. The molecule has 0 radical (unpaired) electrons. The highest BCUT2D eigenvalue weighted by Crippen LogP contribution is 2.33. The molecule has 0 atom stereocenters. The molecule has 0 unspecified atom stereocenters. The molecule has 0 spiro atoms. The van der Waals surface area contributed by atoms with Crippen molar-refractivity contribution < 1.29 is 9.90 Å². The maximum Gasteiger partial charge on any atom is 0.284 e. The van der Waals surface area contributed by atoms with E-state index in [0.717, 1.165) is 16.1 Å². The second-order valence-electron chi connectivity index (χ2n) is 6.04. The van der Waals surface area contributed by atoms with Crippen LogP contribution in [0.25, 0.3) is 16.6 Å². The molecule has 0 saturated heterocycles. The highest BCUT2D eigenvalue weighted by molar-refractivity contribution is 8.19. The summed E-state index contributed by atoms with van der Waals surface area (Å²) in [6, 6.07) is 19.4. The lowest BCUT2D eigenvalue weighted by Gasteiger charge is -1.96. The summed E-state index contributed by atoms with van der Waals surface area (Å²) in [6.07, 6.45) is 8.95. The van der Waals surface area contributed by atoms with E-state index in [1.807, 2.05) is 72.8 Å². The number of thioether (sulfide) groups is 1. The van der Waals surface area contributed by atoms with Gasteiger partial charge in [0, 0.05) is 11.1 Å². The topological polar surface area (TPSA) is 62.5 Å². The van der Waals surface area contributed by atoms with Crippen molar-refractivity contribution in [3.05, 3.63) is 100 Å². The second kappa shape index (κ2) is 8.86. The van der Waals surface area contributed by atoms with E-state index in [-0.39, 0.29) is 11.8 Å².